The van der Waals surface area contributed by atoms with Crippen molar-refractivity contribution >= 4 is 89.3 Å². The van der Waals surface area contributed by atoms with Crippen molar-refractivity contribution < 1.29 is 4.42 Å². The fourth-order valence-electron chi connectivity index (χ4n) is 12.9. The van der Waals surface area contributed by atoms with E-state index >= 15 is 0 Å². The van der Waals surface area contributed by atoms with Gasteiger partial charge in [-0.15, -0.1) is 11.3 Å². The minimum atomic E-state index is -0.0621. The van der Waals surface area contributed by atoms with Gasteiger partial charge in [-0.3, -0.25) is 4.90 Å². The molecule has 3 nitrogen and oxygen atoms in total. The van der Waals surface area contributed by atoms with Crippen molar-refractivity contribution in [3.05, 3.63) is 186 Å². The lowest BCUT2D eigenvalue weighted by atomic mass is 9.57. The van der Waals surface area contributed by atoms with Gasteiger partial charge in [0.2, 0.25) is 0 Å². The second-order valence-electron chi connectivity index (χ2n) is 25.8. The number of hydrogen-bond donors (Lipinski definition) is 1. The molecular formula is C70H68BN2OS. The molecule has 0 saturated carbocycles. The molecule has 3 aliphatic rings. The number of thiophene rings is 1. The number of para-hydroxylation sites is 1. The molecule has 0 spiro atoms. The van der Waals surface area contributed by atoms with Gasteiger partial charge in [0.05, 0.1) is 16.4 Å². The first kappa shape index (κ1) is 47.9. The van der Waals surface area contributed by atoms with Gasteiger partial charge in [-0.05, 0) is 180 Å². The monoisotopic (exact) mass is 996 g/mol. The minimum absolute atomic E-state index is 0.0507. The van der Waals surface area contributed by atoms with Crippen LogP contribution in [0.2, 0.25) is 0 Å². The number of rotatable bonds is 6. The topological polar surface area (TPSA) is 28.4 Å². The lowest BCUT2D eigenvalue weighted by molar-refractivity contribution is 0.332. The summed E-state index contributed by atoms with van der Waals surface area (Å²) in [6.07, 6.45) is 4.67. The van der Waals surface area contributed by atoms with Crippen LogP contribution in [0.3, 0.4) is 0 Å². The predicted molar refractivity (Wildman–Crippen MR) is 324 cm³/mol. The molecule has 373 valence electrons. The summed E-state index contributed by atoms with van der Waals surface area (Å²) >= 11 is 1.93. The van der Waals surface area contributed by atoms with E-state index in [-0.39, 0.29) is 27.1 Å². The van der Waals surface area contributed by atoms with Gasteiger partial charge in [-0.1, -0.05) is 173 Å². The van der Waals surface area contributed by atoms with E-state index in [2.05, 4.69) is 251 Å². The smallest absolute Gasteiger partial charge is 0.200 e. The van der Waals surface area contributed by atoms with Crippen molar-refractivity contribution in [3.63, 3.8) is 0 Å². The predicted octanol–water partition coefficient (Wildman–Crippen LogP) is 19.0. The highest BCUT2D eigenvalue weighted by Crippen LogP contribution is 2.54. The SMILES string of the molecule is CC(C)(C)c1ccc(N2c3sc4cc5c(cc4c3[B]c3c(-c4cc(-c6ccccc6)ccc4Nc4ccc6c(c4)C(C)(C)CCC6(C)C)cc4c(oc6ccccc64)c32)C(C)(C)CCC5(C)C)c(-c2ccccc2)c1. The summed E-state index contributed by atoms with van der Waals surface area (Å²) in [7, 11) is 2.53. The van der Waals surface area contributed by atoms with Gasteiger partial charge in [0, 0.05) is 38.0 Å². The number of anilines is 5. The molecule has 75 heavy (non-hydrogen) atoms. The maximum Gasteiger partial charge on any atom is 0.200 e. The zero-order valence-corrected chi connectivity index (χ0v) is 46.5. The third kappa shape index (κ3) is 7.81. The Bertz CT molecular complexity index is 3940. The van der Waals surface area contributed by atoms with Crippen LogP contribution in [0.1, 0.15) is 130 Å². The maximum absolute atomic E-state index is 7.28. The highest BCUT2D eigenvalue weighted by atomic mass is 32.1. The number of hydrogen-bond acceptors (Lipinski definition) is 4. The average molecular weight is 996 g/mol. The van der Waals surface area contributed by atoms with Crippen molar-refractivity contribution in [2.45, 2.75) is 129 Å². The fourth-order valence-corrected chi connectivity index (χ4v) is 14.2. The van der Waals surface area contributed by atoms with Crippen LogP contribution in [0.4, 0.5) is 27.8 Å². The molecule has 0 amide bonds. The van der Waals surface area contributed by atoms with Crippen LogP contribution in [-0.2, 0) is 27.1 Å². The van der Waals surface area contributed by atoms with E-state index in [1.54, 1.807) is 0 Å². The fraction of sp³-hybridized carbons (Fsp3) is 0.286. The molecule has 0 saturated heterocycles. The Balaban J connectivity index is 1.14. The summed E-state index contributed by atoms with van der Waals surface area (Å²) in [5.74, 6) is 0. The molecule has 2 aliphatic carbocycles. The highest BCUT2D eigenvalue weighted by Gasteiger charge is 2.41. The third-order valence-corrected chi connectivity index (χ3v) is 19.0. The first-order valence-electron chi connectivity index (χ1n) is 27.3. The van der Waals surface area contributed by atoms with Gasteiger partial charge in [0.25, 0.3) is 0 Å². The van der Waals surface area contributed by atoms with Crippen LogP contribution in [0.25, 0.3) is 65.4 Å². The Morgan fingerprint density at radius 3 is 1.83 bits per heavy atom. The Morgan fingerprint density at radius 2 is 1.13 bits per heavy atom. The van der Waals surface area contributed by atoms with Gasteiger partial charge >= 0.3 is 0 Å². The summed E-state index contributed by atoms with van der Waals surface area (Å²) in [6, 6.07) is 59.5. The van der Waals surface area contributed by atoms with Crippen LogP contribution < -0.4 is 21.1 Å². The Morgan fingerprint density at radius 1 is 0.507 bits per heavy atom. The van der Waals surface area contributed by atoms with Gasteiger partial charge in [0.15, 0.2) is 12.9 Å². The van der Waals surface area contributed by atoms with E-state index in [9.17, 15) is 0 Å². The molecule has 1 N–H and O–H groups in total. The summed E-state index contributed by atoms with van der Waals surface area (Å²) < 4.78 is 8.60. The van der Waals surface area contributed by atoms with Crippen molar-refractivity contribution in [1.29, 1.82) is 0 Å². The Hall–Kier alpha value is -6.82. The van der Waals surface area contributed by atoms with E-state index in [1.165, 1.54) is 83.5 Å². The van der Waals surface area contributed by atoms with Gasteiger partial charge < -0.3 is 9.73 Å². The zero-order chi connectivity index (χ0) is 52.0. The van der Waals surface area contributed by atoms with Gasteiger partial charge in [-0.25, -0.2) is 0 Å². The van der Waals surface area contributed by atoms with E-state index in [0.29, 0.717) is 0 Å². The average Bonchev–Trinajstić information content (AvgIpc) is 3.99. The number of furan rings is 1. The molecular weight excluding hydrogens is 928 g/mol. The molecule has 0 fully saturated rings. The number of nitrogens with one attached hydrogen (secondary N) is 1. The molecule has 13 rings (SSSR count). The van der Waals surface area contributed by atoms with Gasteiger partial charge in [-0.2, -0.15) is 0 Å². The van der Waals surface area contributed by atoms with Crippen molar-refractivity contribution in [1.82, 2.24) is 0 Å². The number of fused-ring (bicyclic) bond motifs is 10. The quantitative estimate of drug-likeness (QED) is 0.168. The molecule has 5 heteroatoms. The first-order chi connectivity index (χ1) is 35.8. The summed E-state index contributed by atoms with van der Waals surface area (Å²) in [5.41, 5.74) is 23.0. The molecule has 10 aromatic rings. The standard InChI is InChI=1S/C70H68BN2OS/c1-66(2,3)45-27-31-58(48(37-45)43-22-16-13-17-23-43)73-63-61(71-62-52-40-55-56(41-60(52)75-65(62)73)70(10,11)35-34-69(55,8)9)50(39-51-47-24-18-19-25-59(47)74-64(51)63)49-36-44(42-20-14-12-15-21-42)26-30-57(49)72-46-28-29-53-54(38-46)68(6,7)33-32-67(53,4)5/h12-31,36-41,72H,32-35H2,1-11H3. The van der Waals surface area contributed by atoms with Crippen molar-refractivity contribution in [3.8, 4) is 33.4 Å². The van der Waals surface area contributed by atoms with Crippen LogP contribution in [0, 0.1) is 0 Å². The maximum atomic E-state index is 7.28. The van der Waals surface area contributed by atoms with E-state index in [1.807, 2.05) is 11.3 Å². The van der Waals surface area contributed by atoms with Gasteiger partial charge in [0.1, 0.15) is 5.58 Å². The number of nitrogens with zero attached hydrogens (tertiary/aromatic N) is 1. The van der Waals surface area contributed by atoms with Crippen LogP contribution in [0.5, 0.6) is 0 Å². The van der Waals surface area contributed by atoms with Crippen molar-refractivity contribution in [2.24, 2.45) is 0 Å². The lowest BCUT2D eigenvalue weighted by Crippen LogP contribution is -2.40. The third-order valence-electron chi connectivity index (χ3n) is 17.8. The molecule has 1 radical (unpaired) electrons. The molecule has 2 aromatic heterocycles. The van der Waals surface area contributed by atoms with Crippen molar-refractivity contribution in [2.75, 3.05) is 10.2 Å². The Kier molecular flexibility index (Phi) is 10.8. The normalized spacial score (nSPS) is 17.0. The van der Waals surface area contributed by atoms with Crippen LogP contribution in [-0.4, -0.2) is 7.28 Å². The second kappa shape index (κ2) is 16.8. The molecule has 8 aromatic carbocycles. The molecule has 0 bridgehead atoms. The lowest BCUT2D eigenvalue weighted by Gasteiger charge is -2.42. The Labute approximate surface area is 449 Å². The molecule has 0 unspecified atom stereocenters. The van der Waals surface area contributed by atoms with E-state index in [4.69, 9.17) is 4.42 Å². The summed E-state index contributed by atoms with van der Waals surface area (Å²) in [5, 5.41) is 8.83. The highest BCUT2D eigenvalue weighted by molar-refractivity contribution is 7.25. The number of benzene rings is 8. The minimum Gasteiger partial charge on any atom is -0.454 e. The second-order valence-corrected chi connectivity index (χ2v) is 26.8. The van der Waals surface area contributed by atoms with E-state index in [0.717, 1.165) is 74.1 Å². The first-order valence-corrected chi connectivity index (χ1v) is 28.1. The zero-order valence-electron chi connectivity index (χ0n) is 45.7. The summed E-state index contributed by atoms with van der Waals surface area (Å²) in [6.45, 7) is 26.4. The van der Waals surface area contributed by atoms with E-state index < -0.39 is 0 Å². The van der Waals surface area contributed by atoms with Crippen LogP contribution in [0.15, 0.2) is 162 Å². The molecule has 0 atom stereocenters. The largest absolute Gasteiger partial charge is 0.454 e. The molecule has 1 aliphatic heterocycles. The van der Waals surface area contributed by atoms with Crippen LogP contribution >= 0.6 is 11.3 Å². The summed E-state index contributed by atoms with van der Waals surface area (Å²) in [4.78, 5) is 2.61. The molecule has 3 heterocycles.